The summed E-state index contributed by atoms with van der Waals surface area (Å²) in [5.41, 5.74) is 9.63. The topological polar surface area (TPSA) is 130 Å². The largest absolute Gasteiger partial charge is 0.494 e. The first-order valence-corrected chi connectivity index (χ1v) is 9.53. The summed E-state index contributed by atoms with van der Waals surface area (Å²) in [6.45, 7) is 0.595. The van der Waals surface area contributed by atoms with E-state index in [4.69, 9.17) is 15.7 Å². The highest BCUT2D eigenvalue weighted by Crippen LogP contribution is 2.24. The molecule has 0 bridgehead atoms. The smallest absolute Gasteiger partial charge is 0.250 e. The molecular weight excluding hydrogens is 372 g/mol. The molecular formula is C21H24N4O4. The number of imidazole rings is 1. The van der Waals surface area contributed by atoms with Crippen LogP contribution in [0.15, 0.2) is 42.5 Å². The molecule has 0 unspecified atom stereocenters. The van der Waals surface area contributed by atoms with E-state index in [-0.39, 0.29) is 5.91 Å². The number of H-pyrrole nitrogens is 1. The normalized spacial score (nSPS) is 10.8. The fourth-order valence-corrected chi connectivity index (χ4v) is 3.06. The van der Waals surface area contributed by atoms with Crippen molar-refractivity contribution in [3.63, 3.8) is 0 Å². The van der Waals surface area contributed by atoms with Crippen molar-refractivity contribution in [3.05, 3.63) is 48.0 Å². The van der Waals surface area contributed by atoms with Crippen LogP contribution in [-0.4, -0.2) is 33.6 Å². The average Bonchev–Trinajstić information content (AvgIpc) is 3.17. The number of aromatic amines is 1. The Labute approximate surface area is 168 Å². The van der Waals surface area contributed by atoms with Crippen LogP contribution in [-0.2, 0) is 4.79 Å². The lowest BCUT2D eigenvalue weighted by atomic mass is 10.1. The minimum Gasteiger partial charge on any atom is -0.494 e. The summed E-state index contributed by atoms with van der Waals surface area (Å²) in [7, 11) is 0. The predicted octanol–water partition coefficient (Wildman–Crippen LogP) is 3.16. The zero-order valence-electron chi connectivity index (χ0n) is 16.0. The van der Waals surface area contributed by atoms with E-state index in [0.29, 0.717) is 29.9 Å². The van der Waals surface area contributed by atoms with Gasteiger partial charge in [-0.25, -0.2) is 10.5 Å². The minimum absolute atomic E-state index is 0.335. The second-order valence-corrected chi connectivity index (χ2v) is 6.72. The number of nitrogens with two attached hydrogens (primary N) is 1. The third-order valence-electron chi connectivity index (χ3n) is 4.60. The molecule has 0 aliphatic carbocycles. The highest BCUT2D eigenvalue weighted by Gasteiger charge is 2.12. The lowest BCUT2D eigenvalue weighted by molar-refractivity contribution is -0.129. The zero-order chi connectivity index (χ0) is 20.6. The van der Waals surface area contributed by atoms with Crippen LogP contribution in [0.5, 0.6) is 5.75 Å². The van der Waals surface area contributed by atoms with E-state index in [1.807, 2.05) is 30.3 Å². The standard InChI is InChI=1S/C21H24N4O4/c22-20(27)16-6-5-7-17-19(16)24-21(23-17)14-9-11-15(12-10-14)29-13-4-2-1-3-8-18(26)25-28/h5-7,9-12,28H,1-4,8,13H2,(H2,22,27)(H,23,24)(H,25,26). The molecule has 5 N–H and O–H groups in total. The summed E-state index contributed by atoms with van der Waals surface area (Å²) in [6.07, 6.45) is 3.84. The average molecular weight is 396 g/mol. The molecule has 1 heterocycles. The number of para-hydroxylation sites is 1. The second kappa shape index (κ2) is 9.70. The van der Waals surface area contributed by atoms with Gasteiger partial charge in [-0.15, -0.1) is 0 Å². The Morgan fingerprint density at radius 2 is 1.83 bits per heavy atom. The molecule has 8 heteroatoms. The molecule has 0 fully saturated rings. The molecule has 0 saturated heterocycles. The van der Waals surface area contributed by atoms with E-state index in [2.05, 4.69) is 9.97 Å². The van der Waals surface area contributed by atoms with Gasteiger partial charge in [0.2, 0.25) is 5.91 Å². The molecule has 3 rings (SSSR count). The summed E-state index contributed by atoms with van der Waals surface area (Å²) in [6, 6.07) is 12.9. The number of rotatable bonds is 10. The number of hydroxylamine groups is 1. The number of nitrogens with zero attached hydrogens (tertiary/aromatic N) is 1. The maximum atomic E-state index is 11.6. The van der Waals surface area contributed by atoms with Crippen molar-refractivity contribution < 1.29 is 19.5 Å². The Kier molecular flexibility index (Phi) is 6.80. The summed E-state index contributed by atoms with van der Waals surface area (Å²) < 4.78 is 5.74. The van der Waals surface area contributed by atoms with E-state index >= 15 is 0 Å². The molecule has 3 aromatic rings. The maximum Gasteiger partial charge on any atom is 0.250 e. The quantitative estimate of drug-likeness (QED) is 0.238. The Hall–Kier alpha value is -3.39. The van der Waals surface area contributed by atoms with E-state index < -0.39 is 5.91 Å². The second-order valence-electron chi connectivity index (χ2n) is 6.72. The molecule has 0 spiro atoms. The number of hydrogen-bond donors (Lipinski definition) is 4. The van der Waals surface area contributed by atoms with Crippen molar-refractivity contribution in [1.29, 1.82) is 0 Å². The van der Waals surface area contributed by atoms with Gasteiger partial charge >= 0.3 is 0 Å². The number of unbranched alkanes of at least 4 members (excludes halogenated alkanes) is 3. The fourth-order valence-electron chi connectivity index (χ4n) is 3.06. The van der Waals surface area contributed by atoms with Crippen LogP contribution >= 0.6 is 0 Å². The summed E-state index contributed by atoms with van der Waals surface area (Å²) in [5.74, 6) is 0.570. The lowest BCUT2D eigenvalue weighted by Gasteiger charge is -2.06. The van der Waals surface area contributed by atoms with Gasteiger partial charge in [0.15, 0.2) is 0 Å². The van der Waals surface area contributed by atoms with Crippen LogP contribution in [0.3, 0.4) is 0 Å². The first-order chi connectivity index (χ1) is 14.1. The Morgan fingerprint density at radius 1 is 1.07 bits per heavy atom. The van der Waals surface area contributed by atoms with E-state index in [0.717, 1.165) is 42.5 Å². The third-order valence-corrected chi connectivity index (χ3v) is 4.60. The molecule has 29 heavy (non-hydrogen) atoms. The van der Waals surface area contributed by atoms with Gasteiger partial charge in [0.05, 0.1) is 17.7 Å². The number of primary amides is 1. The van der Waals surface area contributed by atoms with Crippen LogP contribution in [0.2, 0.25) is 0 Å². The number of nitrogens with one attached hydrogen (secondary N) is 2. The number of hydrogen-bond acceptors (Lipinski definition) is 5. The van der Waals surface area contributed by atoms with Crippen LogP contribution in [0.1, 0.15) is 42.5 Å². The van der Waals surface area contributed by atoms with Gasteiger partial charge in [-0.1, -0.05) is 18.9 Å². The Morgan fingerprint density at radius 3 is 2.55 bits per heavy atom. The first kappa shape index (κ1) is 20.3. The van der Waals surface area contributed by atoms with Crippen molar-refractivity contribution >= 4 is 22.8 Å². The summed E-state index contributed by atoms with van der Waals surface area (Å²) >= 11 is 0. The lowest BCUT2D eigenvalue weighted by Crippen LogP contribution is -2.17. The van der Waals surface area contributed by atoms with E-state index in [1.54, 1.807) is 17.6 Å². The Bertz CT molecular complexity index is 982. The van der Waals surface area contributed by atoms with E-state index in [9.17, 15) is 9.59 Å². The first-order valence-electron chi connectivity index (χ1n) is 9.53. The van der Waals surface area contributed by atoms with Crippen LogP contribution in [0.4, 0.5) is 0 Å². The van der Waals surface area contributed by atoms with Gasteiger partial charge in [0.25, 0.3) is 5.91 Å². The van der Waals surface area contributed by atoms with Gasteiger partial charge < -0.3 is 15.5 Å². The molecule has 0 atom stereocenters. The van der Waals surface area contributed by atoms with Gasteiger partial charge in [-0.05, 0) is 49.2 Å². The minimum atomic E-state index is -0.505. The van der Waals surface area contributed by atoms with Gasteiger partial charge in [-0.3, -0.25) is 14.8 Å². The molecule has 8 nitrogen and oxygen atoms in total. The molecule has 152 valence electrons. The molecule has 0 radical (unpaired) electrons. The number of fused-ring (bicyclic) bond motifs is 1. The molecule has 2 amide bonds. The van der Waals surface area contributed by atoms with Gasteiger partial charge in [0, 0.05) is 12.0 Å². The summed E-state index contributed by atoms with van der Waals surface area (Å²) in [5, 5.41) is 8.42. The van der Waals surface area contributed by atoms with Crippen molar-refractivity contribution in [2.45, 2.75) is 32.1 Å². The molecule has 2 aromatic carbocycles. The maximum absolute atomic E-state index is 11.6. The number of carbonyl (C=O) groups is 2. The number of aromatic nitrogens is 2. The molecule has 1 aromatic heterocycles. The van der Waals surface area contributed by atoms with Crippen molar-refractivity contribution in [1.82, 2.24) is 15.4 Å². The number of ether oxygens (including phenoxy) is 1. The molecule has 0 saturated carbocycles. The number of benzene rings is 2. The van der Waals surface area contributed by atoms with Crippen LogP contribution in [0.25, 0.3) is 22.4 Å². The highest BCUT2D eigenvalue weighted by molar-refractivity contribution is 6.04. The van der Waals surface area contributed by atoms with Crippen molar-refractivity contribution in [3.8, 4) is 17.1 Å². The molecule has 0 aliphatic rings. The number of amides is 2. The number of carbonyl (C=O) groups excluding carboxylic acids is 2. The molecule has 0 aliphatic heterocycles. The zero-order valence-corrected chi connectivity index (χ0v) is 16.0. The SMILES string of the molecule is NC(=O)c1cccc2[nH]c(-c3ccc(OCCCCCCC(=O)NO)cc3)nc12. The van der Waals surface area contributed by atoms with Gasteiger partial charge in [-0.2, -0.15) is 0 Å². The van der Waals surface area contributed by atoms with Gasteiger partial charge in [0.1, 0.15) is 17.1 Å². The Balaban J connectivity index is 1.52. The third kappa shape index (κ3) is 5.32. The van der Waals surface area contributed by atoms with E-state index in [1.165, 1.54) is 0 Å². The van der Waals surface area contributed by atoms with Crippen LogP contribution in [0, 0.1) is 0 Å². The fraction of sp³-hybridized carbons (Fsp3) is 0.286. The predicted molar refractivity (Wildman–Crippen MR) is 109 cm³/mol. The highest BCUT2D eigenvalue weighted by atomic mass is 16.5. The monoisotopic (exact) mass is 396 g/mol. The summed E-state index contributed by atoms with van der Waals surface area (Å²) in [4.78, 5) is 30.2. The van der Waals surface area contributed by atoms with Crippen molar-refractivity contribution in [2.75, 3.05) is 6.61 Å². The van der Waals surface area contributed by atoms with Crippen LogP contribution < -0.4 is 16.0 Å². The van der Waals surface area contributed by atoms with Crippen molar-refractivity contribution in [2.24, 2.45) is 5.73 Å².